The number of fused-ring (bicyclic) bond motifs is 1. The van der Waals surface area contributed by atoms with Crippen LogP contribution in [0.1, 0.15) is 22.7 Å². The smallest absolute Gasteiger partial charge is 0.319 e. The molecule has 1 aliphatic carbocycles. The molecule has 2 amide bonds. The second-order valence-corrected chi connectivity index (χ2v) is 6.34. The van der Waals surface area contributed by atoms with Gasteiger partial charge < -0.3 is 15.7 Å². The molecule has 3 aromatic rings. The molecule has 132 valence electrons. The zero-order valence-corrected chi connectivity index (χ0v) is 14.0. The van der Waals surface area contributed by atoms with E-state index >= 15 is 0 Å². The molecule has 1 aliphatic rings. The van der Waals surface area contributed by atoms with Crippen LogP contribution in [0.4, 0.5) is 10.5 Å². The van der Waals surface area contributed by atoms with Gasteiger partial charge in [0.2, 0.25) is 0 Å². The van der Waals surface area contributed by atoms with Gasteiger partial charge in [0.25, 0.3) is 0 Å². The number of benzene rings is 2. The van der Waals surface area contributed by atoms with E-state index in [1.54, 1.807) is 11.0 Å². The Morgan fingerprint density at radius 3 is 2.96 bits per heavy atom. The van der Waals surface area contributed by atoms with Gasteiger partial charge in [-0.1, -0.05) is 36.4 Å². The fourth-order valence-electron chi connectivity index (χ4n) is 3.31. The quantitative estimate of drug-likeness (QED) is 0.673. The molecule has 7 nitrogen and oxygen atoms in total. The minimum absolute atomic E-state index is 0.344. The average molecular weight is 349 g/mol. The van der Waals surface area contributed by atoms with Crippen LogP contribution in [0.15, 0.2) is 61.2 Å². The highest BCUT2D eigenvalue weighted by Crippen LogP contribution is 2.31. The summed E-state index contributed by atoms with van der Waals surface area (Å²) in [4.78, 5) is 16.3. The zero-order valence-electron chi connectivity index (χ0n) is 14.0. The number of aliphatic hydroxyl groups is 1. The summed E-state index contributed by atoms with van der Waals surface area (Å²) >= 11 is 0. The number of hydrogen-bond donors (Lipinski definition) is 3. The highest BCUT2D eigenvalue weighted by molar-refractivity contribution is 5.89. The van der Waals surface area contributed by atoms with Crippen LogP contribution in [0.3, 0.4) is 0 Å². The first kappa shape index (κ1) is 16.3. The van der Waals surface area contributed by atoms with Gasteiger partial charge >= 0.3 is 6.03 Å². The number of nitrogens with zero attached hydrogens (tertiary/aromatic N) is 3. The third-order valence-corrected chi connectivity index (χ3v) is 4.49. The lowest BCUT2D eigenvalue weighted by Crippen LogP contribution is -2.36. The Bertz CT molecular complexity index is 910. The predicted molar refractivity (Wildman–Crippen MR) is 96.6 cm³/mol. The molecule has 0 saturated carbocycles. The van der Waals surface area contributed by atoms with Crippen molar-refractivity contribution < 1.29 is 9.90 Å². The highest BCUT2D eigenvalue weighted by atomic mass is 16.3. The van der Waals surface area contributed by atoms with Crippen molar-refractivity contribution in [2.24, 2.45) is 0 Å². The Morgan fingerprint density at radius 2 is 2.12 bits per heavy atom. The fraction of sp³-hybridized carbons (Fsp3) is 0.211. The summed E-state index contributed by atoms with van der Waals surface area (Å²) in [6.45, 7) is 0.575. The lowest BCUT2D eigenvalue weighted by atomic mass is 10.1. The zero-order chi connectivity index (χ0) is 17.9. The normalized spacial score (nSPS) is 18.3. The SMILES string of the molecule is O=C(Nc1cccc(Cn2cncn2)c1)N[C@H]1c2ccccc2C[C@H]1O. The molecule has 0 fully saturated rings. The number of rotatable bonds is 4. The van der Waals surface area contributed by atoms with E-state index in [0.29, 0.717) is 18.7 Å². The molecule has 0 aliphatic heterocycles. The topological polar surface area (TPSA) is 92.1 Å². The Morgan fingerprint density at radius 1 is 1.23 bits per heavy atom. The third-order valence-electron chi connectivity index (χ3n) is 4.49. The molecule has 1 heterocycles. The summed E-state index contributed by atoms with van der Waals surface area (Å²) in [6.07, 6.45) is 3.07. The molecule has 0 unspecified atom stereocenters. The van der Waals surface area contributed by atoms with E-state index < -0.39 is 12.1 Å². The number of carbonyl (C=O) groups excluding carboxylic acids is 1. The van der Waals surface area contributed by atoms with Crippen molar-refractivity contribution in [3.63, 3.8) is 0 Å². The number of amides is 2. The Balaban J connectivity index is 1.42. The molecule has 0 radical (unpaired) electrons. The molecular formula is C19H19N5O2. The van der Waals surface area contributed by atoms with Crippen molar-refractivity contribution in [3.05, 3.63) is 77.9 Å². The van der Waals surface area contributed by atoms with Crippen LogP contribution in [0.25, 0.3) is 0 Å². The standard InChI is InChI=1S/C19H19N5O2/c25-17-9-14-5-1-2-7-16(14)18(17)23-19(26)22-15-6-3-4-13(8-15)10-24-12-20-11-21-24/h1-8,11-12,17-18,25H,9-10H2,(H2,22,23,26)/t17-,18+/m1/s1. The number of aliphatic hydroxyl groups excluding tert-OH is 1. The summed E-state index contributed by atoms with van der Waals surface area (Å²) in [5, 5.41) is 20.0. The van der Waals surface area contributed by atoms with Gasteiger partial charge in [-0.3, -0.25) is 0 Å². The van der Waals surface area contributed by atoms with E-state index in [2.05, 4.69) is 20.7 Å². The number of anilines is 1. The molecular weight excluding hydrogens is 330 g/mol. The summed E-state index contributed by atoms with van der Waals surface area (Å²) in [5.41, 5.74) is 3.72. The van der Waals surface area contributed by atoms with E-state index in [1.807, 2.05) is 48.5 Å². The number of urea groups is 1. The van der Waals surface area contributed by atoms with E-state index in [9.17, 15) is 9.90 Å². The molecule has 2 atom stereocenters. The number of nitrogens with one attached hydrogen (secondary N) is 2. The number of carbonyl (C=O) groups is 1. The molecule has 3 N–H and O–H groups in total. The second kappa shape index (κ2) is 6.97. The van der Waals surface area contributed by atoms with Crippen LogP contribution in [-0.2, 0) is 13.0 Å². The molecule has 2 aromatic carbocycles. The predicted octanol–water partition coefficient (Wildman–Crippen LogP) is 2.11. The number of hydrogen-bond acceptors (Lipinski definition) is 4. The molecule has 0 spiro atoms. The minimum Gasteiger partial charge on any atom is -0.390 e. The van der Waals surface area contributed by atoms with Gasteiger partial charge in [0, 0.05) is 12.1 Å². The molecule has 4 rings (SSSR count). The average Bonchev–Trinajstić information content (AvgIpc) is 3.24. The maximum absolute atomic E-state index is 12.4. The van der Waals surface area contributed by atoms with Crippen molar-refractivity contribution >= 4 is 11.7 Å². The van der Waals surface area contributed by atoms with Gasteiger partial charge in [-0.25, -0.2) is 14.5 Å². The Hall–Kier alpha value is -3.19. The van der Waals surface area contributed by atoms with Crippen LogP contribution in [0.5, 0.6) is 0 Å². The molecule has 1 aromatic heterocycles. The maximum Gasteiger partial charge on any atom is 0.319 e. The van der Waals surface area contributed by atoms with E-state index in [4.69, 9.17) is 0 Å². The minimum atomic E-state index is -0.614. The summed E-state index contributed by atoms with van der Waals surface area (Å²) in [5.74, 6) is 0. The molecule has 0 bridgehead atoms. The largest absolute Gasteiger partial charge is 0.390 e. The van der Waals surface area contributed by atoms with Crippen molar-refractivity contribution in [1.29, 1.82) is 0 Å². The Labute approximate surface area is 150 Å². The van der Waals surface area contributed by atoms with Crippen molar-refractivity contribution in [2.45, 2.75) is 25.1 Å². The Kier molecular flexibility index (Phi) is 4.37. The number of aromatic nitrogens is 3. The van der Waals surface area contributed by atoms with Crippen molar-refractivity contribution in [2.75, 3.05) is 5.32 Å². The van der Waals surface area contributed by atoms with Crippen LogP contribution in [0.2, 0.25) is 0 Å². The molecule has 26 heavy (non-hydrogen) atoms. The van der Waals surface area contributed by atoms with Gasteiger partial charge in [-0.2, -0.15) is 5.10 Å². The fourth-order valence-corrected chi connectivity index (χ4v) is 3.31. The van der Waals surface area contributed by atoms with Gasteiger partial charge in [0.1, 0.15) is 12.7 Å². The van der Waals surface area contributed by atoms with Crippen LogP contribution < -0.4 is 10.6 Å². The van der Waals surface area contributed by atoms with Gasteiger partial charge in [-0.15, -0.1) is 0 Å². The molecule has 0 saturated heterocycles. The summed E-state index contributed by atoms with van der Waals surface area (Å²) in [6, 6.07) is 14.6. The van der Waals surface area contributed by atoms with Crippen molar-refractivity contribution in [1.82, 2.24) is 20.1 Å². The third kappa shape index (κ3) is 3.43. The van der Waals surface area contributed by atoms with Crippen LogP contribution in [0, 0.1) is 0 Å². The van der Waals surface area contributed by atoms with Gasteiger partial charge in [-0.05, 0) is 28.8 Å². The first-order valence-electron chi connectivity index (χ1n) is 8.44. The first-order chi connectivity index (χ1) is 12.7. The highest BCUT2D eigenvalue weighted by Gasteiger charge is 2.31. The lowest BCUT2D eigenvalue weighted by Gasteiger charge is -2.18. The van der Waals surface area contributed by atoms with Gasteiger partial charge in [0.15, 0.2) is 0 Å². The monoisotopic (exact) mass is 349 g/mol. The van der Waals surface area contributed by atoms with E-state index in [0.717, 1.165) is 16.7 Å². The van der Waals surface area contributed by atoms with E-state index in [-0.39, 0.29) is 6.03 Å². The van der Waals surface area contributed by atoms with E-state index in [1.165, 1.54) is 6.33 Å². The summed E-state index contributed by atoms with van der Waals surface area (Å²) < 4.78 is 1.71. The first-order valence-corrected chi connectivity index (χ1v) is 8.44. The lowest BCUT2D eigenvalue weighted by molar-refractivity contribution is 0.144. The molecule has 7 heteroatoms. The van der Waals surface area contributed by atoms with Crippen LogP contribution in [-0.4, -0.2) is 32.0 Å². The van der Waals surface area contributed by atoms with Crippen molar-refractivity contribution in [3.8, 4) is 0 Å². The maximum atomic E-state index is 12.4. The van der Waals surface area contributed by atoms with Crippen LogP contribution >= 0.6 is 0 Å². The van der Waals surface area contributed by atoms with Gasteiger partial charge in [0.05, 0.1) is 18.7 Å². The second-order valence-electron chi connectivity index (χ2n) is 6.34. The summed E-state index contributed by atoms with van der Waals surface area (Å²) in [7, 11) is 0.